The van der Waals surface area contributed by atoms with Gasteiger partial charge in [0, 0.05) is 23.0 Å². The first-order valence-electron chi connectivity index (χ1n) is 5.28. The van der Waals surface area contributed by atoms with Crippen molar-refractivity contribution in [1.29, 1.82) is 0 Å². The Kier molecular flexibility index (Phi) is 3.94. The van der Waals surface area contributed by atoms with Crippen LogP contribution in [0.2, 0.25) is 0 Å². The number of halogens is 1. The van der Waals surface area contributed by atoms with Crippen LogP contribution in [0.4, 0.5) is 10.1 Å². The molecule has 0 radical (unpaired) electrons. The minimum Gasteiger partial charge on any atom is -0.398 e. The highest BCUT2D eigenvalue weighted by atomic mass is 32.2. The van der Waals surface area contributed by atoms with E-state index in [-0.39, 0.29) is 17.4 Å². The summed E-state index contributed by atoms with van der Waals surface area (Å²) >= 11 is 1.27. The third-order valence-electron chi connectivity index (χ3n) is 2.32. The normalized spacial score (nSPS) is 10.3. The quantitative estimate of drug-likeness (QED) is 0.680. The minimum absolute atomic E-state index is 0.116. The molecule has 1 aromatic heterocycles. The summed E-state index contributed by atoms with van der Waals surface area (Å²) in [5.74, 6) is -0.220. The molecule has 18 heavy (non-hydrogen) atoms. The molecule has 0 saturated heterocycles. The summed E-state index contributed by atoms with van der Waals surface area (Å²) in [6.45, 7) is 0. The number of ketones is 1. The summed E-state index contributed by atoms with van der Waals surface area (Å²) in [6.07, 6.45) is 2.98. The molecule has 0 unspecified atom stereocenters. The number of hydrogen-bond donors (Lipinski definition) is 1. The van der Waals surface area contributed by atoms with Gasteiger partial charge < -0.3 is 5.73 Å². The lowest BCUT2D eigenvalue weighted by Gasteiger charge is -2.04. The van der Waals surface area contributed by atoms with Crippen LogP contribution in [0.3, 0.4) is 0 Å². The molecule has 0 spiro atoms. The van der Waals surface area contributed by atoms with Crippen molar-refractivity contribution in [1.82, 2.24) is 4.98 Å². The summed E-state index contributed by atoms with van der Waals surface area (Å²) < 4.78 is 13.0. The maximum Gasteiger partial charge on any atom is 0.176 e. The molecule has 0 saturated carbocycles. The van der Waals surface area contributed by atoms with Gasteiger partial charge in [0.15, 0.2) is 5.78 Å². The van der Waals surface area contributed by atoms with Crippen LogP contribution in [-0.4, -0.2) is 16.5 Å². The first-order chi connectivity index (χ1) is 8.66. The van der Waals surface area contributed by atoms with Crippen molar-refractivity contribution in [2.75, 3.05) is 11.5 Å². The van der Waals surface area contributed by atoms with Gasteiger partial charge in [0.05, 0.1) is 11.3 Å². The van der Waals surface area contributed by atoms with Crippen LogP contribution in [0, 0.1) is 5.82 Å². The molecular formula is C13H11FN2OS. The Bertz CT molecular complexity index is 574. The number of nitrogen functional groups attached to an aromatic ring is 1. The molecule has 2 N–H and O–H groups in total. The van der Waals surface area contributed by atoms with Crippen molar-refractivity contribution < 1.29 is 9.18 Å². The summed E-state index contributed by atoms with van der Waals surface area (Å²) in [5.41, 5.74) is 6.50. The fraction of sp³-hybridized carbons (Fsp3) is 0.0769. The molecule has 2 rings (SSSR count). The Hall–Kier alpha value is -1.88. The number of aromatic nitrogens is 1. The second-order valence-electron chi connectivity index (χ2n) is 3.63. The second-order valence-corrected chi connectivity index (χ2v) is 4.68. The number of anilines is 1. The molecule has 0 aliphatic carbocycles. The fourth-order valence-corrected chi connectivity index (χ4v) is 2.25. The van der Waals surface area contributed by atoms with Gasteiger partial charge in [-0.15, -0.1) is 11.8 Å². The first-order valence-corrected chi connectivity index (χ1v) is 6.26. The van der Waals surface area contributed by atoms with Crippen molar-refractivity contribution in [3.8, 4) is 0 Å². The highest BCUT2D eigenvalue weighted by Crippen LogP contribution is 2.21. The Morgan fingerprint density at radius 1 is 1.39 bits per heavy atom. The number of carbonyl (C=O) groups is 1. The topological polar surface area (TPSA) is 56.0 Å². The van der Waals surface area contributed by atoms with Crippen molar-refractivity contribution in [2.24, 2.45) is 0 Å². The molecule has 5 heteroatoms. The number of pyridine rings is 1. The van der Waals surface area contributed by atoms with E-state index < -0.39 is 0 Å². The smallest absolute Gasteiger partial charge is 0.176 e. The third kappa shape index (κ3) is 3.07. The van der Waals surface area contributed by atoms with Crippen LogP contribution in [-0.2, 0) is 0 Å². The zero-order valence-electron chi connectivity index (χ0n) is 9.47. The zero-order chi connectivity index (χ0) is 13.0. The summed E-state index contributed by atoms with van der Waals surface area (Å²) in [4.78, 5) is 16.5. The van der Waals surface area contributed by atoms with Crippen molar-refractivity contribution in [3.63, 3.8) is 0 Å². The van der Waals surface area contributed by atoms with Gasteiger partial charge in [-0.2, -0.15) is 0 Å². The molecule has 1 aromatic carbocycles. The average Bonchev–Trinajstić information content (AvgIpc) is 2.37. The van der Waals surface area contributed by atoms with E-state index in [1.165, 1.54) is 36.3 Å². The number of thioether (sulfide) groups is 1. The third-order valence-corrected chi connectivity index (χ3v) is 3.32. The van der Waals surface area contributed by atoms with E-state index >= 15 is 0 Å². The lowest BCUT2D eigenvalue weighted by molar-refractivity contribution is 0.102. The summed E-state index contributed by atoms with van der Waals surface area (Å²) in [7, 11) is 0. The van der Waals surface area contributed by atoms with Crippen molar-refractivity contribution in [3.05, 3.63) is 54.1 Å². The maximum atomic E-state index is 13.0. The van der Waals surface area contributed by atoms with E-state index in [1.807, 2.05) is 0 Å². The Balaban J connectivity index is 2.03. The SMILES string of the molecule is Nc1ccncc1C(=O)CSc1cccc(F)c1. The zero-order valence-corrected chi connectivity index (χ0v) is 10.3. The average molecular weight is 262 g/mol. The van der Waals surface area contributed by atoms with Crippen molar-refractivity contribution >= 4 is 23.2 Å². The molecule has 0 fully saturated rings. The van der Waals surface area contributed by atoms with E-state index in [0.29, 0.717) is 16.1 Å². The van der Waals surface area contributed by atoms with E-state index in [0.717, 1.165) is 0 Å². The Labute approximate surface area is 108 Å². The van der Waals surface area contributed by atoms with Crippen LogP contribution in [0.5, 0.6) is 0 Å². The van der Waals surface area contributed by atoms with Gasteiger partial charge in [-0.3, -0.25) is 9.78 Å². The van der Waals surface area contributed by atoms with E-state index in [2.05, 4.69) is 4.98 Å². The minimum atomic E-state index is -0.312. The van der Waals surface area contributed by atoms with E-state index in [4.69, 9.17) is 5.73 Å². The Morgan fingerprint density at radius 2 is 2.22 bits per heavy atom. The van der Waals surface area contributed by atoms with Gasteiger partial charge in [0.1, 0.15) is 5.82 Å². The molecular weight excluding hydrogens is 251 g/mol. The van der Waals surface area contributed by atoms with Gasteiger partial charge in [0.2, 0.25) is 0 Å². The highest BCUT2D eigenvalue weighted by molar-refractivity contribution is 8.00. The number of nitrogens with zero attached hydrogens (tertiary/aromatic N) is 1. The number of Topliss-reactive ketones (excluding diaryl/α,β-unsaturated/α-hetero) is 1. The lowest BCUT2D eigenvalue weighted by atomic mass is 10.2. The van der Waals surface area contributed by atoms with Gasteiger partial charge in [-0.25, -0.2) is 4.39 Å². The summed E-state index contributed by atoms with van der Waals surface area (Å²) in [6, 6.07) is 7.71. The van der Waals surface area contributed by atoms with E-state index in [1.54, 1.807) is 18.2 Å². The molecule has 1 heterocycles. The standard InChI is InChI=1S/C13H11FN2OS/c14-9-2-1-3-10(6-9)18-8-13(17)11-7-16-5-4-12(11)15/h1-7H,8H2,(H2,15,16). The van der Waals surface area contributed by atoms with Gasteiger partial charge in [-0.1, -0.05) is 6.07 Å². The van der Waals surface area contributed by atoms with Gasteiger partial charge in [0.25, 0.3) is 0 Å². The highest BCUT2D eigenvalue weighted by Gasteiger charge is 2.10. The van der Waals surface area contributed by atoms with Gasteiger partial charge >= 0.3 is 0 Å². The van der Waals surface area contributed by atoms with Gasteiger partial charge in [-0.05, 0) is 24.3 Å². The second kappa shape index (κ2) is 5.64. The number of rotatable bonds is 4. The molecule has 92 valence electrons. The van der Waals surface area contributed by atoms with Crippen LogP contribution >= 0.6 is 11.8 Å². The summed E-state index contributed by atoms with van der Waals surface area (Å²) in [5, 5.41) is 0. The molecule has 3 nitrogen and oxygen atoms in total. The molecule has 0 aliphatic heterocycles. The predicted octanol–water partition coefficient (Wildman–Crippen LogP) is 2.78. The Morgan fingerprint density at radius 3 is 2.94 bits per heavy atom. The van der Waals surface area contributed by atoms with Crippen molar-refractivity contribution in [2.45, 2.75) is 4.90 Å². The number of nitrogens with two attached hydrogens (primary N) is 1. The molecule has 0 bridgehead atoms. The number of carbonyl (C=O) groups excluding carboxylic acids is 1. The molecule has 0 amide bonds. The fourth-order valence-electron chi connectivity index (χ4n) is 1.42. The number of hydrogen-bond acceptors (Lipinski definition) is 4. The molecule has 0 aliphatic rings. The number of benzene rings is 1. The monoisotopic (exact) mass is 262 g/mol. The van der Waals surface area contributed by atoms with Crippen LogP contribution in [0.25, 0.3) is 0 Å². The van der Waals surface area contributed by atoms with Crippen LogP contribution < -0.4 is 5.73 Å². The largest absolute Gasteiger partial charge is 0.398 e. The predicted molar refractivity (Wildman–Crippen MR) is 70.1 cm³/mol. The molecule has 2 aromatic rings. The van der Waals surface area contributed by atoms with Crippen LogP contribution in [0.1, 0.15) is 10.4 Å². The van der Waals surface area contributed by atoms with Crippen LogP contribution in [0.15, 0.2) is 47.6 Å². The first kappa shape index (κ1) is 12.6. The lowest BCUT2D eigenvalue weighted by Crippen LogP contribution is -2.06. The van der Waals surface area contributed by atoms with E-state index in [9.17, 15) is 9.18 Å². The molecule has 0 atom stereocenters. The maximum absolute atomic E-state index is 13.0.